The Morgan fingerprint density at radius 1 is 1.56 bits per heavy atom. The van der Waals surface area contributed by atoms with Crippen molar-refractivity contribution >= 4 is 23.1 Å². The second kappa shape index (κ2) is 6.89. The highest BCUT2D eigenvalue weighted by Gasteiger charge is 2.22. The van der Waals surface area contributed by atoms with Gasteiger partial charge in [0.05, 0.1) is 12.3 Å². The molecule has 2 rings (SSSR count). The van der Waals surface area contributed by atoms with Gasteiger partial charge in [0.25, 0.3) is 0 Å². The van der Waals surface area contributed by atoms with Crippen LogP contribution in [0.25, 0.3) is 0 Å². The van der Waals surface area contributed by atoms with Crippen molar-refractivity contribution in [1.82, 2.24) is 10.3 Å². The van der Waals surface area contributed by atoms with Crippen LogP contribution in [0.1, 0.15) is 48.0 Å². The molecule has 0 spiro atoms. The maximum Gasteiger partial charge on any atom is 0.123 e. The number of thiazole rings is 1. The summed E-state index contributed by atoms with van der Waals surface area (Å²) in [5, 5.41) is 4.68. The normalized spacial score (nSPS) is 22.1. The quantitative estimate of drug-likeness (QED) is 0.900. The summed E-state index contributed by atoms with van der Waals surface area (Å²) in [7, 11) is 0. The molecule has 1 N–H and O–H groups in total. The van der Waals surface area contributed by atoms with Crippen LogP contribution in [0.3, 0.4) is 0 Å². The molecule has 0 saturated carbocycles. The zero-order valence-corrected chi connectivity index (χ0v) is 13.0. The number of rotatable bonds is 5. The Kier molecular flexibility index (Phi) is 5.48. The van der Waals surface area contributed by atoms with E-state index in [2.05, 4.69) is 26.1 Å². The molecule has 2 unspecified atom stereocenters. The van der Waals surface area contributed by atoms with E-state index in [0.717, 1.165) is 41.8 Å². The Balaban J connectivity index is 2.05. The summed E-state index contributed by atoms with van der Waals surface area (Å²) in [6.07, 6.45) is 1.37. The number of aryl methyl sites for hydroxylation is 1. The SMILES string of the molecule is CCCNC(C)c1sc(C2CSCCO2)nc1C. The molecule has 1 aromatic heterocycles. The molecule has 3 nitrogen and oxygen atoms in total. The highest BCUT2D eigenvalue weighted by atomic mass is 32.2. The molecule has 0 bridgehead atoms. The largest absolute Gasteiger partial charge is 0.369 e. The summed E-state index contributed by atoms with van der Waals surface area (Å²) < 4.78 is 5.80. The summed E-state index contributed by atoms with van der Waals surface area (Å²) in [5.74, 6) is 2.16. The van der Waals surface area contributed by atoms with Gasteiger partial charge < -0.3 is 10.1 Å². The average molecular weight is 286 g/mol. The van der Waals surface area contributed by atoms with Crippen LogP contribution in [0.5, 0.6) is 0 Å². The molecule has 5 heteroatoms. The van der Waals surface area contributed by atoms with Gasteiger partial charge in [-0.1, -0.05) is 6.92 Å². The first-order valence-electron chi connectivity index (χ1n) is 6.62. The van der Waals surface area contributed by atoms with Crippen molar-refractivity contribution in [1.29, 1.82) is 0 Å². The van der Waals surface area contributed by atoms with Crippen molar-refractivity contribution in [3.63, 3.8) is 0 Å². The molecule has 1 saturated heterocycles. The van der Waals surface area contributed by atoms with Gasteiger partial charge in [-0.15, -0.1) is 11.3 Å². The smallest absolute Gasteiger partial charge is 0.123 e. The van der Waals surface area contributed by atoms with Gasteiger partial charge in [0.2, 0.25) is 0 Å². The summed E-state index contributed by atoms with van der Waals surface area (Å²) in [6.45, 7) is 8.43. The molecule has 0 radical (unpaired) electrons. The van der Waals surface area contributed by atoms with Crippen LogP contribution in [-0.4, -0.2) is 29.6 Å². The maximum atomic E-state index is 5.80. The summed E-state index contributed by atoms with van der Waals surface area (Å²) in [6, 6.07) is 0.396. The zero-order chi connectivity index (χ0) is 13.0. The van der Waals surface area contributed by atoms with E-state index < -0.39 is 0 Å². The van der Waals surface area contributed by atoms with Crippen molar-refractivity contribution in [3.05, 3.63) is 15.6 Å². The van der Waals surface area contributed by atoms with Crippen LogP contribution in [0.2, 0.25) is 0 Å². The van der Waals surface area contributed by atoms with Gasteiger partial charge in [0.1, 0.15) is 11.1 Å². The monoisotopic (exact) mass is 286 g/mol. The van der Waals surface area contributed by atoms with Crippen LogP contribution in [0.4, 0.5) is 0 Å². The Bertz CT molecular complexity index is 375. The third kappa shape index (κ3) is 3.47. The first kappa shape index (κ1) is 14.3. The predicted octanol–water partition coefficient (Wildman–Crippen LogP) is 3.32. The van der Waals surface area contributed by atoms with E-state index in [1.54, 1.807) is 0 Å². The third-order valence-electron chi connectivity index (χ3n) is 3.03. The lowest BCUT2D eigenvalue weighted by Crippen LogP contribution is -2.18. The summed E-state index contributed by atoms with van der Waals surface area (Å²) in [5.41, 5.74) is 1.16. The highest BCUT2D eigenvalue weighted by molar-refractivity contribution is 7.99. The van der Waals surface area contributed by atoms with Crippen LogP contribution in [0.15, 0.2) is 0 Å². The summed E-state index contributed by atoms with van der Waals surface area (Å²) >= 11 is 3.77. The second-order valence-corrected chi connectivity index (χ2v) is 6.82. The molecule has 1 aliphatic rings. The number of ether oxygens (including phenoxy) is 1. The Labute approximate surface area is 118 Å². The van der Waals surface area contributed by atoms with Gasteiger partial charge >= 0.3 is 0 Å². The zero-order valence-electron chi connectivity index (χ0n) is 11.4. The Morgan fingerprint density at radius 2 is 2.39 bits per heavy atom. The van der Waals surface area contributed by atoms with E-state index in [9.17, 15) is 0 Å². The molecule has 102 valence electrons. The van der Waals surface area contributed by atoms with Gasteiger partial charge in [-0.3, -0.25) is 0 Å². The van der Waals surface area contributed by atoms with E-state index in [4.69, 9.17) is 9.72 Å². The predicted molar refractivity (Wildman–Crippen MR) is 79.6 cm³/mol. The number of thioether (sulfide) groups is 1. The van der Waals surface area contributed by atoms with E-state index in [-0.39, 0.29) is 6.10 Å². The number of hydrogen-bond acceptors (Lipinski definition) is 5. The average Bonchev–Trinajstić information content (AvgIpc) is 2.79. The molecule has 0 aliphatic carbocycles. The van der Waals surface area contributed by atoms with Crippen molar-refractivity contribution in [3.8, 4) is 0 Å². The fraction of sp³-hybridized carbons (Fsp3) is 0.769. The van der Waals surface area contributed by atoms with E-state index in [0.29, 0.717) is 6.04 Å². The third-order valence-corrected chi connectivity index (χ3v) is 5.46. The first-order chi connectivity index (χ1) is 8.72. The molecule has 1 fully saturated rings. The summed E-state index contributed by atoms with van der Waals surface area (Å²) in [4.78, 5) is 6.06. The minimum absolute atomic E-state index is 0.208. The van der Waals surface area contributed by atoms with Gasteiger partial charge in [-0.25, -0.2) is 4.98 Å². The van der Waals surface area contributed by atoms with Gasteiger partial charge in [-0.05, 0) is 26.8 Å². The molecule has 1 aliphatic heterocycles. The Morgan fingerprint density at radius 3 is 3.06 bits per heavy atom. The minimum Gasteiger partial charge on any atom is -0.369 e. The fourth-order valence-electron chi connectivity index (χ4n) is 2.05. The topological polar surface area (TPSA) is 34.1 Å². The maximum absolute atomic E-state index is 5.80. The first-order valence-corrected chi connectivity index (χ1v) is 8.59. The molecule has 2 heterocycles. The van der Waals surface area contributed by atoms with Crippen LogP contribution in [-0.2, 0) is 4.74 Å². The van der Waals surface area contributed by atoms with Crippen LogP contribution < -0.4 is 5.32 Å². The molecule has 2 atom stereocenters. The number of nitrogens with one attached hydrogen (secondary N) is 1. The number of aromatic nitrogens is 1. The molecular formula is C13H22N2OS2. The molecule has 0 aromatic carbocycles. The van der Waals surface area contributed by atoms with Crippen LogP contribution in [0, 0.1) is 6.92 Å². The van der Waals surface area contributed by atoms with Crippen molar-refractivity contribution < 1.29 is 4.74 Å². The lowest BCUT2D eigenvalue weighted by Gasteiger charge is -2.20. The number of nitrogens with zero attached hydrogens (tertiary/aromatic N) is 1. The lowest BCUT2D eigenvalue weighted by molar-refractivity contribution is 0.0754. The second-order valence-electron chi connectivity index (χ2n) is 4.61. The molecular weight excluding hydrogens is 264 g/mol. The molecule has 0 amide bonds. The van der Waals surface area contributed by atoms with E-state index in [1.165, 1.54) is 4.88 Å². The van der Waals surface area contributed by atoms with Gasteiger partial charge in [0, 0.05) is 22.4 Å². The molecule has 1 aromatic rings. The number of hydrogen-bond donors (Lipinski definition) is 1. The van der Waals surface area contributed by atoms with Crippen molar-refractivity contribution in [2.24, 2.45) is 0 Å². The lowest BCUT2D eigenvalue weighted by atomic mass is 10.2. The van der Waals surface area contributed by atoms with Gasteiger partial charge in [-0.2, -0.15) is 11.8 Å². The molecule has 18 heavy (non-hydrogen) atoms. The Hall–Kier alpha value is -0.100. The van der Waals surface area contributed by atoms with E-state index >= 15 is 0 Å². The van der Waals surface area contributed by atoms with Crippen molar-refractivity contribution in [2.75, 3.05) is 24.7 Å². The van der Waals surface area contributed by atoms with Crippen LogP contribution >= 0.6 is 23.1 Å². The standard InChI is InChI=1S/C13H22N2OS2/c1-4-5-14-9(2)12-10(3)15-13(18-12)11-8-17-7-6-16-11/h9,11,14H,4-8H2,1-3H3. The minimum atomic E-state index is 0.208. The van der Waals surface area contributed by atoms with Crippen molar-refractivity contribution in [2.45, 2.75) is 39.3 Å². The highest BCUT2D eigenvalue weighted by Crippen LogP contribution is 2.33. The van der Waals surface area contributed by atoms with E-state index in [1.807, 2.05) is 23.1 Å². The fourth-order valence-corrected chi connectivity index (χ4v) is 4.15. The van der Waals surface area contributed by atoms with Gasteiger partial charge in [0.15, 0.2) is 0 Å².